The van der Waals surface area contributed by atoms with Crippen molar-refractivity contribution in [2.24, 2.45) is 0 Å². The van der Waals surface area contributed by atoms with E-state index in [0.717, 1.165) is 16.1 Å². The number of anilines is 1. The third kappa shape index (κ3) is 4.27. The molecular weight excluding hydrogens is 338 g/mol. The molecule has 0 fully saturated rings. The van der Waals surface area contributed by atoms with Crippen molar-refractivity contribution in [3.63, 3.8) is 0 Å². The van der Waals surface area contributed by atoms with Gasteiger partial charge in [0.15, 0.2) is 0 Å². The topological polar surface area (TPSA) is 81.2 Å². The Balaban J connectivity index is 1.73. The summed E-state index contributed by atoms with van der Waals surface area (Å²) >= 11 is 1.29. The van der Waals surface area contributed by atoms with Gasteiger partial charge in [-0.2, -0.15) is 0 Å². The molecule has 7 heteroatoms. The molecule has 126 valence electrons. The molecule has 0 atom stereocenters. The SMILES string of the molecule is CC(=O)Oc1cccc(C(=O)Nc2nnc(-c3ccc(C)cc3)s2)c1. The summed E-state index contributed by atoms with van der Waals surface area (Å²) in [7, 11) is 0. The van der Waals surface area contributed by atoms with E-state index in [2.05, 4.69) is 15.5 Å². The maximum absolute atomic E-state index is 12.3. The fourth-order valence-electron chi connectivity index (χ4n) is 2.12. The molecule has 0 aliphatic carbocycles. The lowest BCUT2D eigenvalue weighted by Crippen LogP contribution is -2.12. The summed E-state index contributed by atoms with van der Waals surface area (Å²) in [6, 6.07) is 14.3. The minimum atomic E-state index is -0.440. The van der Waals surface area contributed by atoms with Crippen LogP contribution in [0.1, 0.15) is 22.8 Å². The van der Waals surface area contributed by atoms with Gasteiger partial charge < -0.3 is 4.74 Å². The van der Waals surface area contributed by atoms with Crippen LogP contribution in [-0.2, 0) is 4.79 Å². The summed E-state index contributed by atoms with van der Waals surface area (Å²) in [5.74, 6) is -0.470. The molecular formula is C18H15N3O3S. The number of carbonyl (C=O) groups is 2. The van der Waals surface area contributed by atoms with E-state index in [1.54, 1.807) is 18.2 Å². The number of carbonyl (C=O) groups excluding carboxylic acids is 2. The molecule has 0 saturated carbocycles. The summed E-state index contributed by atoms with van der Waals surface area (Å²) in [6.07, 6.45) is 0. The zero-order valence-corrected chi connectivity index (χ0v) is 14.5. The molecule has 0 spiro atoms. The van der Waals surface area contributed by atoms with Crippen molar-refractivity contribution >= 4 is 28.3 Å². The third-order valence-corrected chi connectivity index (χ3v) is 4.19. The minimum absolute atomic E-state index is 0.317. The Hall–Kier alpha value is -3.06. The molecule has 0 radical (unpaired) electrons. The highest BCUT2D eigenvalue weighted by Crippen LogP contribution is 2.27. The highest BCUT2D eigenvalue weighted by molar-refractivity contribution is 7.18. The standard InChI is InChI=1S/C18H15N3O3S/c1-11-6-8-13(9-7-11)17-20-21-18(25-17)19-16(23)14-4-3-5-15(10-14)24-12(2)22/h3-10H,1-2H3,(H,19,21,23). The van der Waals surface area contributed by atoms with Gasteiger partial charge in [-0.25, -0.2) is 0 Å². The molecule has 0 saturated heterocycles. The number of rotatable bonds is 4. The smallest absolute Gasteiger partial charge is 0.308 e. The van der Waals surface area contributed by atoms with Gasteiger partial charge in [0.2, 0.25) is 5.13 Å². The van der Waals surface area contributed by atoms with Crippen molar-refractivity contribution in [1.82, 2.24) is 10.2 Å². The lowest BCUT2D eigenvalue weighted by atomic mass is 10.2. The normalized spacial score (nSPS) is 10.3. The van der Waals surface area contributed by atoms with E-state index in [4.69, 9.17) is 4.74 Å². The zero-order chi connectivity index (χ0) is 17.8. The van der Waals surface area contributed by atoms with Crippen LogP contribution in [0.2, 0.25) is 0 Å². The monoisotopic (exact) mass is 353 g/mol. The minimum Gasteiger partial charge on any atom is -0.427 e. The fourth-order valence-corrected chi connectivity index (χ4v) is 2.87. The average molecular weight is 353 g/mol. The molecule has 0 bridgehead atoms. The number of aromatic nitrogens is 2. The molecule has 0 unspecified atom stereocenters. The van der Waals surface area contributed by atoms with Gasteiger partial charge in [0.05, 0.1) is 0 Å². The first kappa shape index (κ1) is 16.8. The molecule has 6 nitrogen and oxygen atoms in total. The van der Waals surface area contributed by atoms with E-state index < -0.39 is 5.97 Å². The first-order chi connectivity index (χ1) is 12.0. The number of hydrogen-bond acceptors (Lipinski definition) is 6. The Morgan fingerprint density at radius 2 is 1.84 bits per heavy atom. The van der Waals surface area contributed by atoms with Gasteiger partial charge in [0.1, 0.15) is 10.8 Å². The predicted molar refractivity (Wildman–Crippen MR) is 95.8 cm³/mol. The second-order valence-electron chi connectivity index (χ2n) is 5.35. The Labute approximate surface area is 148 Å². The number of esters is 1. The largest absolute Gasteiger partial charge is 0.427 e. The summed E-state index contributed by atoms with van der Waals surface area (Å²) in [5.41, 5.74) is 2.47. The highest BCUT2D eigenvalue weighted by atomic mass is 32.1. The van der Waals surface area contributed by atoms with Gasteiger partial charge in [-0.3, -0.25) is 14.9 Å². The molecule has 2 aromatic carbocycles. The van der Waals surface area contributed by atoms with Gasteiger partial charge >= 0.3 is 5.97 Å². The van der Waals surface area contributed by atoms with Crippen molar-refractivity contribution in [3.05, 3.63) is 59.7 Å². The summed E-state index contributed by atoms with van der Waals surface area (Å²) in [6.45, 7) is 3.32. The number of amides is 1. The van der Waals surface area contributed by atoms with E-state index in [1.807, 2.05) is 31.2 Å². The summed E-state index contributed by atoms with van der Waals surface area (Å²) in [4.78, 5) is 23.3. The average Bonchev–Trinajstić information content (AvgIpc) is 3.03. The van der Waals surface area contributed by atoms with E-state index in [1.165, 1.54) is 24.3 Å². The summed E-state index contributed by atoms with van der Waals surface area (Å²) < 4.78 is 4.98. The number of aryl methyl sites for hydroxylation is 1. The van der Waals surface area contributed by atoms with Crippen molar-refractivity contribution in [1.29, 1.82) is 0 Å². The Bertz CT molecular complexity index is 919. The first-order valence-electron chi connectivity index (χ1n) is 7.51. The van der Waals surface area contributed by atoms with Crippen LogP contribution in [0.4, 0.5) is 5.13 Å². The van der Waals surface area contributed by atoms with Crippen molar-refractivity contribution in [3.8, 4) is 16.3 Å². The van der Waals surface area contributed by atoms with E-state index in [0.29, 0.717) is 16.4 Å². The first-order valence-corrected chi connectivity index (χ1v) is 8.33. The van der Waals surface area contributed by atoms with Crippen LogP contribution < -0.4 is 10.1 Å². The van der Waals surface area contributed by atoms with E-state index in [-0.39, 0.29) is 5.91 Å². The number of benzene rings is 2. The number of ether oxygens (including phenoxy) is 1. The lowest BCUT2D eigenvalue weighted by molar-refractivity contribution is -0.131. The molecule has 1 N–H and O–H groups in total. The molecule has 3 rings (SSSR count). The lowest BCUT2D eigenvalue weighted by Gasteiger charge is -2.04. The van der Waals surface area contributed by atoms with Gasteiger partial charge in [-0.1, -0.05) is 47.2 Å². The van der Waals surface area contributed by atoms with Crippen molar-refractivity contribution < 1.29 is 14.3 Å². The summed E-state index contributed by atoms with van der Waals surface area (Å²) in [5, 5.41) is 11.9. The number of hydrogen-bond donors (Lipinski definition) is 1. The second-order valence-corrected chi connectivity index (χ2v) is 6.33. The van der Waals surface area contributed by atoms with E-state index in [9.17, 15) is 9.59 Å². The van der Waals surface area contributed by atoms with Crippen LogP contribution in [0.25, 0.3) is 10.6 Å². The Morgan fingerprint density at radius 1 is 1.08 bits per heavy atom. The van der Waals surface area contributed by atoms with Crippen LogP contribution in [0, 0.1) is 6.92 Å². The maximum Gasteiger partial charge on any atom is 0.308 e. The van der Waals surface area contributed by atoms with Gasteiger partial charge in [-0.05, 0) is 25.1 Å². The van der Waals surface area contributed by atoms with Crippen LogP contribution in [0.15, 0.2) is 48.5 Å². The molecule has 25 heavy (non-hydrogen) atoms. The predicted octanol–water partition coefficient (Wildman–Crippen LogP) is 3.69. The molecule has 0 aliphatic rings. The number of nitrogens with zero attached hydrogens (tertiary/aromatic N) is 2. The van der Waals surface area contributed by atoms with Crippen LogP contribution in [0.5, 0.6) is 5.75 Å². The van der Waals surface area contributed by atoms with Crippen LogP contribution >= 0.6 is 11.3 Å². The van der Waals surface area contributed by atoms with E-state index >= 15 is 0 Å². The molecule has 3 aromatic rings. The molecule has 1 aromatic heterocycles. The van der Waals surface area contributed by atoms with Crippen molar-refractivity contribution in [2.75, 3.05) is 5.32 Å². The molecule has 0 aliphatic heterocycles. The highest BCUT2D eigenvalue weighted by Gasteiger charge is 2.12. The van der Waals surface area contributed by atoms with Crippen LogP contribution in [-0.4, -0.2) is 22.1 Å². The Kier molecular flexibility index (Phi) is 4.85. The van der Waals surface area contributed by atoms with Gasteiger partial charge in [0.25, 0.3) is 5.91 Å². The zero-order valence-electron chi connectivity index (χ0n) is 13.6. The third-order valence-electron chi connectivity index (χ3n) is 3.30. The number of nitrogens with one attached hydrogen (secondary N) is 1. The quantitative estimate of drug-likeness (QED) is 0.571. The van der Waals surface area contributed by atoms with Crippen LogP contribution in [0.3, 0.4) is 0 Å². The fraction of sp³-hybridized carbons (Fsp3) is 0.111. The molecule has 1 heterocycles. The maximum atomic E-state index is 12.3. The van der Waals surface area contributed by atoms with Crippen molar-refractivity contribution in [2.45, 2.75) is 13.8 Å². The Morgan fingerprint density at radius 3 is 2.56 bits per heavy atom. The molecule has 1 amide bonds. The van der Waals surface area contributed by atoms with Gasteiger partial charge in [-0.15, -0.1) is 10.2 Å². The second kappa shape index (κ2) is 7.23. The van der Waals surface area contributed by atoms with Gasteiger partial charge in [0, 0.05) is 18.1 Å².